The van der Waals surface area contributed by atoms with Crippen LogP contribution < -0.4 is 0 Å². The third-order valence-electron chi connectivity index (χ3n) is 6.99. The molecular weight excluding hydrogens is 520 g/mol. The lowest BCUT2D eigenvalue weighted by molar-refractivity contribution is 0.456. The van der Waals surface area contributed by atoms with Gasteiger partial charge in [-0.1, -0.05) is 0 Å². The number of aryl methyl sites for hydroxylation is 2. The van der Waals surface area contributed by atoms with Crippen LogP contribution in [0.5, 0.6) is 0 Å². The fraction of sp³-hybridized carbons (Fsp3) is 0.154. The zero-order valence-corrected chi connectivity index (χ0v) is 19.8. The Kier molecular flexibility index (Phi) is 4.86. The van der Waals surface area contributed by atoms with E-state index in [4.69, 9.17) is 0 Å². The molecule has 0 fully saturated rings. The molecule has 2 aromatic heterocycles. The lowest BCUT2D eigenvalue weighted by atomic mass is 9.88. The Balaban J connectivity index is 2.13. The van der Waals surface area contributed by atoms with E-state index in [1.54, 1.807) is 0 Å². The monoisotopic (exact) mass is 532 g/mol. The van der Waals surface area contributed by atoms with Gasteiger partial charge in [-0.05, 0) is 38.8 Å². The Morgan fingerprint density at radius 3 is 0.868 bits per heavy atom. The van der Waals surface area contributed by atoms with Crippen LogP contribution in [0.4, 0.5) is 35.1 Å². The van der Waals surface area contributed by atoms with Crippen molar-refractivity contribution < 1.29 is 35.1 Å². The van der Waals surface area contributed by atoms with Crippen LogP contribution in [0.1, 0.15) is 22.5 Å². The van der Waals surface area contributed by atoms with Gasteiger partial charge in [0.1, 0.15) is 33.7 Å². The van der Waals surface area contributed by atoms with E-state index in [1.807, 2.05) is 0 Å². The van der Waals surface area contributed by atoms with Gasteiger partial charge in [0.25, 0.3) is 11.9 Å². The first-order chi connectivity index (χ1) is 17.9. The molecular formula is C26H12F8N4. The van der Waals surface area contributed by atoms with Gasteiger partial charge in [0.05, 0.1) is 11.4 Å². The molecule has 0 aliphatic heterocycles. The van der Waals surface area contributed by atoms with Gasteiger partial charge in [0, 0.05) is 32.3 Å². The van der Waals surface area contributed by atoms with Gasteiger partial charge in [-0.3, -0.25) is 0 Å². The van der Waals surface area contributed by atoms with E-state index in [0.717, 1.165) is 6.92 Å². The maximum atomic E-state index is 16.1. The fourth-order valence-corrected chi connectivity index (χ4v) is 4.85. The van der Waals surface area contributed by atoms with Crippen molar-refractivity contribution in [1.82, 2.24) is 19.9 Å². The SMILES string of the molecule is Cc1nc2c(F)c3c4c(F)c(C)c(C)c(F)c4c4c(F)c5nc(F)c(F)nc5c(F)c4c3c(F)c2nc1C. The Bertz CT molecular complexity index is 1960. The van der Waals surface area contributed by atoms with Crippen molar-refractivity contribution in [3.05, 3.63) is 69.3 Å². The molecule has 192 valence electrons. The van der Waals surface area contributed by atoms with Gasteiger partial charge in [-0.2, -0.15) is 8.78 Å². The highest BCUT2D eigenvalue weighted by molar-refractivity contribution is 6.29. The van der Waals surface area contributed by atoms with Gasteiger partial charge in [0.15, 0.2) is 23.3 Å². The predicted octanol–water partition coefficient (Wildman–Crippen LogP) is 7.38. The molecule has 0 amide bonds. The lowest BCUT2D eigenvalue weighted by Crippen LogP contribution is -2.07. The second kappa shape index (κ2) is 7.65. The molecule has 38 heavy (non-hydrogen) atoms. The average molecular weight is 532 g/mol. The zero-order chi connectivity index (χ0) is 27.5. The van der Waals surface area contributed by atoms with E-state index in [9.17, 15) is 8.78 Å². The summed E-state index contributed by atoms with van der Waals surface area (Å²) < 4.78 is 123. The average Bonchev–Trinajstić information content (AvgIpc) is 2.88. The van der Waals surface area contributed by atoms with Crippen molar-refractivity contribution in [2.45, 2.75) is 27.7 Å². The molecule has 6 aromatic rings. The van der Waals surface area contributed by atoms with Crippen LogP contribution in [0, 0.1) is 74.5 Å². The minimum absolute atomic E-state index is 0.185. The third-order valence-corrected chi connectivity index (χ3v) is 6.99. The van der Waals surface area contributed by atoms with Gasteiger partial charge < -0.3 is 0 Å². The minimum Gasteiger partial charge on any atom is -0.246 e. The number of halogens is 8. The van der Waals surface area contributed by atoms with Crippen LogP contribution in [-0.4, -0.2) is 19.9 Å². The highest BCUT2D eigenvalue weighted by Crippen LogP contribution is 2.46. The van der Waals surface area contributed by atoms with E-state index >= 15 is 26.3 Å². The molecule has 0 saturated carbocycles. The number of hydrogen-bond acceptors (Lipinski definition) is 4. The van der Waals surface area contributed by atoms with Crippen LogP contribution in [0.2, 0.25) is 0 Å². The molecule has 0 saturated heterocycles. The van der Waals surface area contributed by atoms with E-state index in [-0.39, 0.29) is 22.5 Å². The molecule has 0 spiro atoms. The summed E-state index contributed by atoms with van der Waals surface area (Å²) in [7, 11) is 0. The Labute approximate surface area is 207 Å². The van der Waals surface area contributed by atoms with Crippen LogP contribution >= 0.6 is 0 Å². The number of nitrogens with zero attached hydrogens (tertiary/aromatic N) is 4. The molecule has 4 nitrogen and oxygen atoms in total. The highest BCUT2D eigenvalue weighted by Gasteiger charge is 2.32. The lowest BCUT2D eigenvalue weighted by Gasteiger charge is -2.19. The van der Waals surface area contributed by atoms with Crippen molar-refractivity contribution in [3.63, 3.8) is 0 Å². The molecule has 0 unspecified atom stereocenters. The van der Waals surface area contributed by atoms with Crippen LogP contribution in [0.15, 0.2) is 0 Å². The first kappa shape index (κ1) is 24.1. The molecule has 0 aliphatic carbocycles. The second-order valence-electron chi connectivity index (χ2n) is 8.98. The highest BCUT2D eigenvalue weighted by atomic mass is 19.2. The van der Waals surface area contributed by atoms with Crippen molar-refractivity contribution in [1.29, 1.82) is 0 Å². The van der Waals surface area contributed by atoms with Crippen molar-refractivity contribution in [3.8, 4) is 0 Å². The van der Waals surface area contributed by atoms with Crippen molar-refractivity contribution in [2.24, 2.45) is 0 Å². The van der Waals surface area contributed by atoms with E-state index in [1.165, 1.54) is 20.8 Å². The predicted molar refractivity (Wildman–Crippen MR) is 124 cm³/mol. The molecule has 2 heterocycles. The summed E-state index contributed by atoms with van der Waals surface area (Å²) >= 11 is 0. The maximum Gasteiger partial charge on any atom is 0.269 e. The minimum atomic E-state index is -1.89. The summed E-state index contributed by atoms with van der Waals surface area (Å²) in [5.41, 5.74) is -3.87. The molecule has 4 aromatic carbocycles. The summed E-state index contributed by atoms with van der Waals surface area (Å²) in [6.07, 6.45) is 0. The normalized spacial score (nSPS) is 12.2. The molecule has 0 aliphatic rings. The molecule has 6 rings (SSSR count). The number of hydrogen-bond donors (Lipinski definition) is 0. The first-order valence-corrected chi connectivity index (χ1v) is 11.1. The van der Waals surface area contributed by atoms with Crippen LogP contribution in [-0.2, 0) is 0 Å². The molecule has 0 atom stereocenters. The summed E-state index contributed by atoms with van der Waals surface area (Å²) in [6, 6.07) is 0. The molecule has 0 radical (unpaired) electrons. The number of benzene rings is 4. The largest absolute Gasteiger partial charge is 0.269 e. The summed E-state index contributed by atoms with van der Waals surface area (Å²) in [4.78, 5) is 14.1. The van der Waals surface area contributed by atoms with Crippen molar-refractivity contribution in [2.75, 3.05) is 0 Å². The zero-order valence-electron chi connectivity index (χ0n) is 19.8. The molecule has 0 N–H and O–H groups in total. The Morgan fingerprint density at radius 1 is 0.342 bits per heavy atom. The Hall–Kier alpha value is -4.22. The molecule has 12 heteroatoms. The van der Waals surface area contributed by atoms with Gasteiger partial charge >= 0.3 is 0 Å². The van der Waals surface area contributed by atoms with Gasteiger partial charge in [-0.25, -0.2) is 46.3 Å². The number of aromatic nitrogens is 4. The number of fused-ring (bicyclic) bond motifs is 8. The van der Waals surface area contributed by atoms with Crippen molar-refractivity contribution >= 4 is 54.4 Å². The van der Waals surface area contributed by atoms with Crippen LogP contribution in [0.3, 0.4) is 0 Å². The quantitative estimate of drug-likeness (QED) is 0.116. The summed E-state index contributed by atoms with van der Waals surface area (Å²) in [5, 5.41) is -5.87. The first-order valence-electron chi connectivity index (χ1n) is 11.1. The Morgan fingerprint density at radius 2 is 0.579 bits per heavy atom. The summed E-state index contributed by atoms with van der Waals surface area (Å²) in [6.45, 7) is 5.24. The maximum absolute atomic E-state index is 16.1. The third kappa shape index (κ3) is 2.80. The summed E-state index contributed by atoms with van der Waals surface area (Å²) in [5.74, 6) is -12.3. The number of rotatable bonds is 0. The van der Waals surface area contributed by atoms with E-state index in [0.29, 0.717) is 0 Å². The smallest absolute Gasteiger partial charge is 0.246 e. The fourth-order valence-electron chi connectivity index (χ4n) is 4.85. The molecule has 0 bridgehead atoms. The van der Waals surface area contributed by atoms with Gasteiger partial charge in [-0.15, -0.1) is 0 Å². The topological polar surface area (TPSA) is 51.6 Å². The standard InChI is InChI=1S/C26H12F8N4/c1-5-6(2)16(28)10-9(15(5)27)11-13(18(30)22-21(17(11)29)35-7(3)8(4)36-22)14-12(10)19(31)23-24(20(14)32)38-26(34)25(33)37-23/h1-4H3. The van der Waals surface area contributed by atoms with E-state index in [2.05, 4.69) is 19.9 Å². The second-order valence-corrected chi connectivity index (χ2v) is 8.98. The van der Waals surface area contributed by atoms with E-state index < -0.39 is 101 Å². The van der Waals surface area contributed by atoms with Crippen LogP contribution in [0.25, 0.3) is 54.4 Å². The van der Waals surface area contributed by atoms with Gasteiger partial charge in [0.2, 0.25) is 0 Å².